The molecule has 14 heavy (non-hydrogen) atoms. The zero-order valence-electron chi connectivity index (χ0n) is 7.21. The van der Waals surface area contributed by atoms with E-state index in [1.54, 1.807) is 0 Å². The Bertz CT molecular complexity index is 373. The van der Waals surface area contributed by atoms with Crippen LogP contribution >= 0.6 is 23.4 Å². The summed E-state index contributed by atoms with van der Waals surface area (Å²) in [5, 5.41) is -0.398. The first-order valence-electron chi connectivity index (χ1n) is 3.55. The fraction of sp³-hybridized carbons (Fsp3) is 0.125. The van der Waals surface area contributed by atoms with Crippen LogP contribution in [0.25, 0.3) is 0 Å². The first kappa shape index (κ1) is 11.1. The number of nitrogens with two attached hydrogens (primary N) is 1. The minimum absolute atomic E-state index is 0.0548. The van der Waals surface area contributed by atoms with Crippen molar-refractivity contribution < 1.29 is 13.9 Å². The van der Waals surface area contributed by atoms with Crippen LogP contribution in [0.2, 0.25) is 5.02 Å². The molecule has 76 valence electrons. The molecule has 0 amide bonds. The molecule has 6 heteroatoms. The number of hydrogen-bond donors (Lipinski definition) is 1. The molecule has 0 radical (unpaired) electrons. The summed E-state index contributed by atoms with van der Waals surface area (Å²) in [6.45, 7) is 0. The van der Waals surface area contributed by atoms with Crippen LogP contribution in [0.1, 0.15) is 0 Å². The standard InChI is InChI=1S/C8H7ClFNO2S/c1-13-8(12)14-7-3-6(11)5(10)2-4(7)9/h2-3H,11H2,1H3. The summed E-state index contributed by atoms with van der Waals surface area (Å²) in [5.41, 5.74) is 5.25. The minimum Gasteiger partial charge on any atom is -0.461 e. The van der Waals surface area contributed by atoms with Crippen molar-refractivity contribution in [1.29, 1.82) is 0 Å². The summed E-state index contributed by atoms with van der Waals surface area (Å²) in [6.07, 6.45) is 0. The van der Waals surface area contributed by atoms with Crippen molar-refractivity contribution in [3.8, 4) is 0 Å². The molecule has 0 aliphatic heterocycles. The summed E-state index contributed by atoms with van der Waals surface area (Å²) in [7, 11) is 1.25. The maximum Gasteiger partial charge on any atom is 0.371 e. The molecule has 0 aliphatic carbocycles. The van der Waals surface area contributed by atoms with E-state index in [4.69, 9.17) is 17.3 Å². The number of methoxy groups -OCH3 is 1. The Balaban J connectivity index is 2.98. The van der Waals surface area contributed by atoms with Gasteiger partial charge in [0.25, 0.3) is 0 Å². The Kier molecular flexibility index (Phi) is 3.60. The van der Waals surface area contributed by atoms with Gasteiger partial charge in [-0.15, -0.1) is 0 Å². The van der Waals surface area contributed by atoms with Crippen LogP contribution in [0.4, 0.5) is 14.9 Å². The highest BCUT2D eigenvalue weighted by Crippen LogP contribution is 2.31. The lowest BCUT2D eigenvalue weighted by Crippen LogP contribution is -1.94. The summed E-state index contributed by atoms with van der Waals surface area (Å²) >= 11 is 6.43. The predicted molar refractivity (Wildman–Crippen MR) is 54.1 cm³/mol. The van der Waals surface area contributed by atoms with Gasteiger partial charge in [0, 0.05) is 4.90 Å². The van der Waals surface area contributed by atoms with Gasteiger partial charge in [0.1, 0.15) is 5.82 Å². The van der Waals surface area contributed by atoms with Gasteiger partial charge in [-0.3, -0.25) is 0 Å². The maximum atomic E-state index is 12.8. The van der Waals surface area contributed by atoms with Crippen LogP contribution in [0.15, 0.2) is 17.0 Å². The van der Waals surface area contributed by atoms with Crippen LogP contribution in [0.5, 0.6) is 0 Å². The minimum atomic E-state index is -0.607. The molecular weight excluding hydrogens is 229 g/mol. The monoisotopic (exact) mass is 235 g/mol. The van der Waals surface area contributed by atoms with Crippen molar-refractivity contribution in [2.45, 2.75) is 4.90 Å². The number of rotatable bonds is 1. The van der Waals surface area contributed by atoms with Gasteiger partial charge in [0.05, 0.1) is 17.8 Å². The number of thioether (sulfide) groups is 1. The van der Waals surface area contributed by atoms with Gasteiger partial charge in [0.15, 0.2) is 0 Å². The summed E-state index contributed by atoms with van der Waals surface area (Å²) in [6, 6.07) is 2.35. The molecule has 0 saturated heterocycles. The molecule has 3 nitrogen and oxygen atoms in total. The van der Waals surface area contributed by atoms with Crippen LogP contribution in [-0.2, 0) is 4.74 Å². The van der Waals surface area contributed by atoms with Crippen molar-refractivity contribution in [2.75, 3.05) is 12.8 Å². The molecule has 2 N–H and O–H groups in total. The van der Waals surface area contributed by atoms with Crippen molar-refractivity contribution in [2.24, 2.45) is 0 Å². The van der Waals surface area contributed by atoms with Crippen LogP contribution in [0.3, 0.4) is 0 Å². The summed E-state index contributed by atoms with van der Waals surface area (Å²) in [4.78, 5) is 11.2. The third kappa shape index (κ3) is 2.52. The molecule has 0 fully saturated rings. The Morgan fingerprint density at radius 3 is 2.86 bits per heavy atom. The number of carbonyl (C=O) groups excluding carboxylic acids is 1. The fourth-order valence-electron chi connectivity index (χ4n) is 0.755. The average Bonchev–Trinajstić information content (AvgIpc) is 2.14. The second kappa shape index (κ2) is 4.52. The van der Waals surface area contributed by atoms with Crippen LogP contribution in [0, 0.1) is 5.82 Å². The van der Waals surface area contributed by atoms with E-state index in [-0.39, 0.29) is 10.7 Å². The molecule has 1 rings (SSSR count). The van der Waals surface area contributed by atoms with Gasteiger partial charge in [-0.05, 0) is 23.9 Å². The van der Waals surface area contributed by atoms with E-state index in [9.17, 15) is 9.18 Å². The van der Waals surface area contributed by atoms with Crippen molar-refractivity contribution in [3.63, 3.8) is 0 Å². The highest BCUT2D eigenvalue weighted by atomic mass is 35.5. The van der Waals surface area contributed by atoms with E-state index in [1.807, 2.05) is 0 Å². The molecule has 0 unspecified atom stereocenters. The number of carbonyl (C=O) groups is 1. The highest BCUT2D eigenvalue weighted by Gasteiger charge is 2.11. The molecular formula is C8H7ClFNO2S. The van der Waals surface area contributed by atoms with Crippen molar-refractivity contribution in [1.82, 2.24) is 0 Å². The van der Waals surface area contributed by atoms with Crippen molar-refractivity contribution in [3.05, 3.63) is 23.0 Å². The Morgan fingerprint density at radius 2 is 2.29 bits per heavy atom. The first-order chi connectivity index (χ1) is 6.54. The second-order valence-corrected chi connectivity index (χ2v) is 3.74. The molecule has 0 spiro atoms. The van der Waals surface area contributed by atoms with E-state index in [1.165, 1.54) is 13.2 Å². The lowest BCUT2D eigenvalue weighted by Gasteiger charge is -2.04. The number of ether oxygens (including phenoxy) is 1. The molecule has 0 bridgehead atoms. The quantitative estimate of drug-likeness (QED) is 0.462. The lowest BCUT2D eigenvalue weighted by molar-refractivity contribution is 0.200. The number of halogens is 2. The maximum absolute atomic E-state index is 12.8. The average molecular weight is 236 g/mol. The topological polar surface area (TPSA) is 52.3 Å². The smallest absolute Gasteiger partial charge is 0.371 e. The van der Waals surface area contributed by atoms with E-state index >= 15 is 0 Å². The van der Waals surface area contributed by atoms with E-state index in [0.717, 1.165) is 17.8 Å². The van der Waals surface area contributed by atoms with E-state index < -0.39 is 11.1 Å². The molecule has 0 aromatic heterocycles. The zero-order valence-corrected chi connectivity index (χ0v) is 8.79. The van der Waals surface area contributed by atoms with Gasteiger partial charge < -0.3 is 10.5 Å². The van der Waals surface area contributed by atoms with Gasteiger partial charge in [-0.25, -0.2) is 9.18 Å². The van der Waals surface area contributed by atoms with E-state index in [2.05, 4.69) is 4.74 Å². The number of anilines is 1. The van der Waals surface area contributed by atoms with Crippen LogP contribution < -0.4 is 5.73 Å². The SMILES string of the molecule is COC(=O)Sc1cc(N)c(F)cc1Cl. The summed E-state index contributed by atoms with van der Waals surface area (Å²) < 4.78 is 17.3. The highest BCUT2D eigenvalue weighted by molar-refractivity contribution is 8.13. The molecule has 1 aromatic rings. The molecule has 0 saturated carbocycles. The molecule has 1 aromatic carbocycles. The van der Waals surface area contributed by atoms with Gasteiger partial charge in [0.2, 0.25) is 0 Å². The van der Waals surface area contributed by atoms with Gasteiger partial charge in [-0.2, -0.15) is 0 Å². The number of hydrogen-bond acceptors (Lipinski definition) is 4. The van der Waals surface area contributed by atoms with E-state index in [0.29, 0.717) is 4.90 Å². The number of nitrogen functional groups attached to an aromatic ring is 1. The lowest BCUT2D eigenvalue weighted by atomic mass is 10.3. The first-order valence-corrected chi connectivity index (χ1v) is 4.74. The Morgan fingerprint density at radius 1 is 1.64 bits per heavy atom. The third-order valence-electron chi connectivity index (χ3n) is 1.41. The molecule has 0 heterocycles. The van der Waals surface area contributed by atoms with Gasteiger partial charge in [-0.1, -0.05) is 11.6 Å². The second-order valence-electron chi connectivity index (χ2n) is 2.36. The third-order valence-corrected chi connectivity index (χ3v) is 2.73. The van der Waals surface area contributed by atoms with Gasteiger partial charge >= 0.3 is 5.30 Å². The fourth-order valence-corrected chi connectivity index (χ4v) is 1.63. The van der Waals surface area contributed by atoms with Crippen LogP contribution in [-0.4, -0.2) is 12.4 Å². The molecule has 0 aliphatic rings. The Hall–Kier alpha value is -0.940. The summed E-state index contributed by atoms with van der Waals surface area (Å²) in [5.74, 6) is -0.607. The number of benzene rings is 1. The Labute approximate surface area is 89.4 Å². The molecule has 0 atom stereocenters. The van der Waals surface area contributed by atoms with Crippen molar-refractivity contribution >= 4 is 34.4 Å². The zero-order chi connectivity index (χ0) is 10.7. The normalized spacial score (nSPS) is 9.93. The largest absolute Gasteiger partial charge is 0.461 e. The predicted octanol–water partition coefficient (Wildman–Crippen LogP) is 2.92.